The van der Waals surface area contributed by atoms with Crippen LogP contribution in [0, 0.1) is 0 Å². The van der Waals surface area contributed by atoms with Crippen molar-refractivity contribution < 1.29 is 13.2 Å². The third kappa shape index (κ3) is 8.34. The normalized spacial score (nSPS) is 12.8. The monoisotopic (exact) mass is 308 g/mol. The summed E-state index contributed by atoms with van der Waals surface area (Å²) < 4.78 is 29.5. The van der Waals surface area contributed by atoms with Crippen molar-refractivity contribution in [1.29, 1.82) is 0 Å². The molecule has 0 aliphatic heterocycles. The van der Waals surface area contributed by atoms with Gasteiger partial charge in [0.2, 0.25) is 10.0 Å². The Morgan fingerprint density at radius 2 is 2.00 bits per heavy atom. The Hall–Kier alpha value is -0.860. The number of ether oxygens (including phenoxy) is 1. The molecule has 0 spiro atoms. The van der Waals surface area contributed by atoms with Crippen LogP contribution in [-0.4, -0.2) is 71.4 Å². The van der Waals surface area contributed by atoms with E-state index in [-0.39, 0.29) is 5.75 Å². The van der Waals surface area contributed by atoms with Gasteiger partial charge in [-0.2, -0.15) is 0 Å². The summed E-state index contributed by atoms with van der Waals surface area (Å²) >= 11 is 0. The van der Waals surface area contributed by atoms with Crippen molar-refractivity contribution in [1.82, 2.24) is 14.9 Å². The molecule has 20 heavy (non-hydrogen) atoms. The summed E-state index contributed by atoms with van der Waals surface area (Å²) in [5.41, 5.74) is 0. The fourth-order valence-electron chi connectivity index (χ4n) is 1.46. The molecule has 8 heteroatoms. The van der Waals surface area contributed by atoms with Gasteiger partial charge in [-0.25, -0.2) is 12.7 Å². The van der Waals surface area contributed by atoms with Gasteiger partial charge in [-0.05, 0) is 20.3 Å². The lowest BCUT2D eigenvalue weighted by atomic mass is 10.4. The molecular formula is C12H28N4O3S. The molecule has 0 saturated carbocycles. The summed E-state index contributed by atoms with van der Waals surface area (Å²) in [6, 6.07) is 0. The lowest BCUT2D eigenvalue weighted by Gasteiger charge is -2.15. The van der Waals surface area contributed by atoms with Crippen molar-refractivity contribution in [2.75, 3.05) is 52.7 Å². The zero-order valence-electron chi connectivity index (χ0n) is 13.0. The van der Waals surface area contributed by atoms with E-state index >= 15 is 0 Å². The van der Waals surface area contributed by atoms with Gasteiger partial charge < -0.3 is 15.4 Å². The van der Waals surface area contributed by atoms with Gasteiger partial charge in [0.15, 0.2) is 5.96 Å². The summed E-state index contributed by atoms with van der Waals surface area (Å²) in [5, 5.41) is 6.26. The minimum Gasteiger partial charge on any atom is -0.383 e. The second-order valence-electron chi connectivity index (χ2n) is 4.26. The summed E-state index contributed by atoms with van der Waals surface area (Å²) in [5.74, 6) is 0.860. The number of sulfonamides is 1. The van der Waals surface area contributed by atoms with Gasteiger partial charge >= 0.3 is 0 Å². The van der Waals surface area contributed by atoms with E-state index in [1.807, 2.05) is 6.92 Å². The van der Waals surface area contributed by atoms with E-state index in [1.54, 1.807) is 21.1 Å². The minimum atomic E-state index is -3.09. The van der Waals surface area contributed by atoms with Crippen molar-refractivity contribution in [2.24, 2.45) is 4.99 Å². The predicted molar refractivity (Wildman–Crippen MR) is 82.6 cm³/mol. The first-order valence-corrected chi connectivity index (χ1v) is 8.54. The van der Waals surface area contributed by atoms with Crippen molar-refractivity contribution >= 4 is 16.0 Å². The van der Waals surface area contributed by atoms with E-state index in [1.165, 1.54) is 4.31 Å². The van der Waals surface area contributed by atoms with E-state index in [9.17, 15) is 8.42 Å². The lowest BCUT2D eigenvalue weighted by molar-refractivity contribution is 0.203. The van der Waals surface area contributed by atoms with Gasteiger partial charge in [-0.1, -0.05) is 0 Å². The van der Waals surface area contributed by atoms with Crippen molar-refractivity contribution in [3.63, 3.8) is 0 Å². The quantitative estimate of drug-likeness (QED) is 0.333. The van der Waals surface area contributed by atoms with E-state index in [2.05, 4.69) is 15.6 Å². The van der Waals surface area contributed by atoms with Crippen molar-refractivity contribution in [3.8, 4) is 0 Å². The van der Waals surface area contributed by atoms with Crippen LogP contribution in [0.5, 0.6) is 0 Å². The number of guanidine groups is 1. The maximum Gasteiger partial charge on any atom is 0.213 e. The van der Waals surface area contributed by atoms with Crippen LogP contribution in [0.25, 0.3) is 0 Å². The molecule has 0 atom stereocenters. The fraction of sp³-hybridized carbons (Fsp3) is 0.917. The van der Waals surface area contributed by atoms with Gasteiger partial charge in [0.1, 0.15) is 0 Å². The van der Waals surface area contributed by atoms with Crippen LogP contribution in [0.15, 0.2) is 4.99 Å². The molecule has 0 fully saturated rings. The van der Waals surface area contributed by atoms with Gasteiger partial charge in [-0.15, -0.1) is 0 Å². The molecule has 0 aromatic carbocycles. The summed E-state index contributed by atoms with van der Waals surface area (Å²) in [4.78, 5) is 4.38. The molecule has 0 bridgehead atoms. The average Bonchev–Trinajstić information content (AvgIpc) is 2.43. The first-order chi connectivity index (χ1) is 9.47. The highest BCUT2D eigenvalue weighted by Gasteiger charge is 2.13. The van der Waals surface area contributed by atoms with Crippen LogP contribution in [0.1, 0.15) is 20.3 Å². The number of nitrogens with zero attached hydrogens (tertiary/aromatic N) is 2. The molecular weight excluding hydrogens is 280 g/mol. The molecule has 2 N–H and O–H groups in total. The molecule has 0 aliphatic rings. The Bertz CT molecular complexity index is 371. The zero-order valence-corrected chi connectivity index (χ0v) is 13.8. The molecule has 0 saturated heterocycles. The molecule has 0 amide bonds. The molecule has 0 aliphatic carbocycles. The number of nitrogens with one attached hydrogen (secondary N) is 2. The lowest BCUT2D eigenvalue weighted by Crippen LogP contribution is -2.39. The molecule has 0 aromatic heterocycles. The second-order valence-corrected chi connectivity index (χ2v) is 6.62. The molecule has 0 radical (unpaired) electrons. The Kier molecular flexibility index (Phi) is 10.4. The van der Waals surface area contributed by atoms with Crippen LogP contribution in [0.2, 0.25) is 0 Å². The minimum absolute atomic E-state index is 0.133. The van der Waals surface area contributed by atoms with Crippen LogP contribution in [-0.2, 0) is 14.8 Å². The number of methoxy groups -OCH3 is 1. The maximum absolute atomic E-state index is 11.6. The number of hydrogen-bond donors (Lipinski definition) is 2. The second kappa shape index (κ2) is 10.9. The maximum atomic E-state index is 11.6. The molecule has 0 rings (SSSR count). The predicted octanol–water partition coefficient (Wildman–Crippen LogP) is -0.140. The topological polar surface area (TPSA) is 83.0 Å². The van der Waals surface area contributed by atoms with Gasteiger partial charge in [0, 0.05) is 40.3 Å². The largest absolute Gasteiger partial charge is 0.383 e. The summed E-state index contributed by atoms with van der Waals surface area (Å²) in [6.07, 6.45) is 0.691. The molecule has 0 unspecified atom stereocenters. The van der Waals surface area contributed by atoms with Gasteiger partial charge in [0.25, 0.3) is 0 Å². The van der Waals surface area contributed by atoms with Crippen molar-refractivity contribution in [2.45, 2.75) is 20.3 Å². The third-order valence-corrected chi connectivity index (χ3v) is 4.55. The Balaban J connectivity index is 4.10. The van der Waals surface area contributed by atoms with Crippen LogP contribution < -0.4 is 10.6 Å². The Labute approximate surface area is 122 Å². The highest BCUT2D eigenvalue weighted by atomic mass is 32.2. The highest BCUT2D eigenvalue weighted by Crippen LogP contribution is 1.98. The third-order valence-electron chi connectivity index (χ3n) is 2.68. The molecule has 7 nitrogen and oxygen atoms in total. The standard InChI is InChI=1S/C12H28N4O3S/c1-5-13-12(15-9-11-19-4)14-8-7-10-16(3)20(17,18)6-2/h5-11H2,1-4H3,(H2,13,14,15). The first-order valence-electron chi connectivity index (χ1n) is 6.93. The van der Waals surface area contributed by atoms with Gasteiger partial charge in [0.05, 0.1) is 12.4 Å². The Morgan fingerprint density at radius 1 is 1.30 bits per heavy atom. The summed E-state index contributed by atoms with van der Waals surface area (Å²) in [6.45, 7) is 6.78. The molecule has 0 aromatic rings. The first kappa shape index (κ1) is 19.1. The van der Waals surface area contributed by atoms with Crippen LogP contribution in [0.3, 0.4) is 0 Å². The van der Waals surface area contributed by atoms with E-state index in [4.69, 9.17) is 4.74 Å². The van der Waals surface area contributed by atoms with Crippen molar-refractivity contribution in [3.05, 3.63) is 0 Å². The molecule has 120 valence electrons. The molecule has 0 heterocycles. The zero-order chi connectivity index (χ0) is 15.4. The van der Waals surface area contributed by atoms with Crippen LogP contribution in [0.4, 0.5) is 0 Å². The van der Waals surface area contributed by atoms with E-state index in [0.29, 0.717) is 32.7 Å². The fourth-order valence-corrected chi connectivity index (χ4v) is 2.30. The number of rotatable bonds is 10. The van der Waals surface area contributed by atoms with Gasteiger partial charge in [-0.3, -0.25) is 4.99 Å². The smallest absolute Gasteiger partial charge is 0.213 e. The SMILES string of the molecule is CCNC(=NCCCN(C)S(=O)(=O)CC)NCCOC. The number of aliphatic imine (C=N–C) groups is 1. The highest BCUT2D eigenvalue weighted by molar-refractivity contribution is 7.89. The Morgan fingerprint density at radius 3 is 2.55 bits per heavy atom. The summed E-state index contributed by atoms with van der Waals surface area (Å²) in [7, 11) is 0.161. The van der Waals surface area contributed by atoms with Crippen LogP contribution >= 0.6 is 0 Å². The average molecular weight is 308 g/mol. The van der Waals surface area contributed by atoms with E-state index < -0.39 is 10.0 Å². The number of hydrogen-bond acceptors (Lipinski definition) is 4. The van der Waals surface area contributed by atoms with E-state index in [0.717, 1.165) is 12.5 Å².